The lowest BCUT2D eigenvalue weighted by molar-refractivity contribution is -0.124. The molecule has 2 N–H and O–H groups in total. The van der Waals surface area contributed by atoms with Crippen molar-refractivity contribution in [3.63, 3.8) is 0 Å². The summed E-state index contributed by atoms with van der Waals surface area (Å²) in [4.78, 5) is 39.2. The highest BCUT2D eigenvalue weighted by molar-refractivity contribution is 6.21. The van der Waals surface area contributed by atoms with Crippen LogP contribution in [0.25, 0.3) is 10.8 Å². The van der Waals surface area contributed by atoms with Crippen molar-refractivity contribution in [2.24, 2.45) is 0 Å². The Morgan fingerprint density at radius 1 is 0.879 bits per heavy atom. The number of anilines is 4. The normalized spacial score (nSPS) is 13.3. The highest BCUT2D eigenvalue weighted by atomic mass is 19.1. The molecule has 1 aliphatic heterocycles. The Kier molecular flexibility index (Phi) is 5.06. The van der Waals surface area contributed by atoms with Gasteiger partial charge in [-0.25, -0.2) is 4.39 Å². The number of halogens is 1. The van der Waals surface area contributed by atoms with Gasteiger partial charge in [-0.2, -0.15) is 0 Å². The molecule has 3 amide bonds. The van der Waals surface area contributed by atoms with Crippen LogP contribution in [0.5, 0.6) is 0 Å². The minimum absolute atomic E-state index is 0.0605. The zero-order valence-corrected chi connectivity index (χ0v) is 17.3. The van der Waals surface area contributed by atoms with Crippen LogP contribution in [-0.2, 0) is 9.59 Å². The highest BCUT2D eigenvalue weighted by Gasteiger charge is 2.28. The van der Waals surface area contributed by atoms with Crippen LogP contribution in [0.4, 0.5) is 27.1 Å². The van der Waals surface area contributed by atoms with E-state index in [2.05, 4.69) is 10.6 Å². The standard InChI is InChI=1S/C26H18FN3O3/c27-21-8-4-3-7-20(21)26(33)28-17-10-12-18(13-11-17)30-22-14-9-16-5-1-2-6-19(16)25(22)29-23(31)15-24(30)32/h1-14H,15H2,(H,28,33)(H,29,31). The predicted octanol–water partition coefficient (Wildman–Crippen LogP) is 5.24. The van der Waals surface area contributed by atoms with Gasteiger partial charge in [-0.1, -0.05) is 42.5 Å². The van der Waals surface area contributed by atoms with Crippen LogP contribution in [-0.4, -0.2) is 17.7 Å². The Morgan fingerprint density at radius 3 is 2.39 bits per heavy atom. The summed E-state index contributed by atoms with van der Waals surface area (Å²) < 4.78 is 13.9. The molecule has 0 unspecified atom stereocenters. The van der Waals surface area contributed by atoms with E-state index in [9.17, 15) is 18.8 Å². The first-order chi connectivity index (χ1) is 16.0. The minimum Gasteiger partial charge on any atom is -0.323 e. The molecule has 4 aromatic carbocycles. The van der Waals surface area contributed by atoms with E-state index in [1.165, 1.54) is 23.1 Å². The first-order valence-electron chi connectivity index (χ1n) is 10.3. The topological polar surface area (TPSA) is 78.5 Å². The van der Waals surface area contributed by atoms with Gasteiger partial charge in [-0.15, -0.1) is 0 Å². The van der Waals surface area contributed by atoms with Gasteiger partial charge in [0.2, 0.25) is 11.8 Å². The number of nitrogens with one attached hydrogen (secondary N) is 2. The van der Waals surface area contributed by atoms with Crippen LogP contribution in [0.15, 0.2) is 84.9 Å². The lowest BCUT2D eigenvalue weighted by atomic mass is 10.1. The second-order valence-corrected chi connectivity index (χ2v) is 7.62. The van der Waals surface area contributed by atoms with E-state index in [-0.39, 0.29) is 23.8 Å². The number of carbonyl (C=O) groups is 3. The first kappa shape index (κ1) is 20.4. The van der Waals surface area contributed by atoms with Crippen molar-refractivity contribution in [2.45, 2.75) is 6.42 Å². The molecule has 0 saturated carbocycles. The summed E-state index contributed by atoms with van der Waals surface area (Å²) in [5.74, 6) is -1.93. The summed E-state index contributed by atoms with van der Waals surface area (Å²) >= 11 is 0. The van der Waals surface area contributed by atoms with Crippen molar-refractivity contribution < 1.29 is 18.8 Å². The molecule has 1 heterocycles. The third kappa shape index (κ3) is 3.80. The molecule has 0 radical (unpaired) electrons. The summed E-state index contributed by atoms with van der Waals surface area (Å²) in [5.41, 5.74) is 2.06. The second kappa shape index (κ2) is 8.20. The number of hydrogen-bond acceptors (Lipinski definition) is 3. The Hall–Kier alpha value is -4.52. The molecule has 0 atom stereocenters. The molecule has 1 aliphatic rings. The molecule has 0 spiro atoms. The van der Waals surface area contributed by atoms with Gasteiger partial charge in [-0.3, -0.25) is 19.3 Å². The zero-order valence-electron chi connectivity index (χ0n) is 17.3. The third-order valence-electron chi connectivity index (χ3n) is 5.48. The number of amides is 3. The van der Waals surface area contributed by atoms with Crippen LogP contribution in [0.1, 0.15) is 16.8 Å². The van der Waals surface area contributed by atoms with Gasteiger partial charge in [0.05, 0.1) is 16.9 Å². The largest absolute Gasteiger partial charge is 0.323 e. The molecule has 0 aromatic heterocycles. The minimum atomic E-state index is -0.609. The van der Waals surface area contributed by atoms with Gasteiger partial charge in [0.15, 0.2) is 0 Å². The van der Waals surface area contributed by atoms with Crippen molar-refractivity contribution in [3.8, 4) is 0 Å². The van der Waals surface area contributed by atoms with E-state index in [1.807, 2.05) is 30.3 Å². The van der Waals surface area contributed by atoms with E-state index in [1.54, 1.807) is 36.4 Å². The lowest BCUT2D eigenvalue weighted by Crippen LogP contribution is -2.26. The number of carbonyl (C=O) groups excluding carboxylic acids is 3. The summed E-state index contributed by atoms with van der Waals surface area (Å²) in [6.07, 6.45) is -0.297. The van der Waals surface area contributed by atoms with E-state index >= 15 is 0 Å². The van der Waals surface area contributed by atoms with Crippen LogP contribution < -0.4 is 15.5 Å². The number of benzene rings is 4. The fourth-order valence-electron chi connectivity index (χ4n) is 3.93. The van der Waals surface area contributed by atoms with Gasteiger partial charge < -0.3 is 10.6 Å². The zero-order chi connectivity index (χ0) is 22.9. The molecule has 5 rings (SSSR count). The Morgan fingerprint density at radius 2 is 1.61 bits per heavy atom. The monoisotopic (exact) mass is 439 g/mol. The first-order valence-corrected chi connectivity index (χ1v) is 10.3. The third-order valence-corrected chi connectivity index (χ3v) is 5.48. The van der Waals surface area contributed by atoms with Crippen LogP contribution in [0.2, 0.25) is 0 Å². The highest BCUT2D eigenvalue weighted by Crippen LogP contribution is 2.40. The molecule has 6 nitrogen and oxygen atoms in total. The fourth-order valence-corrected chi connectivity index (χ4v) is 3.93. The van der Waals surface area contributed by atoms with Crippen molar-refractivity contribution in [2.75, 3.05) is 15.5 Å². The van der Waals surface area contributed by atoms with Crippen molar-refractivity contribution in [1.29, 1.82) is 0 Å². The Labute approximate surface area is 188 Å². The molecule has 0 fully saturated rings. The van der Waals surface area contributed by atoms with E-state index in [4.69, 9.17) is 0 Å². The van der Waals surface area contributed by atoms with Crippen molar-refractivity contribution in [3.05, 3.63) is 96.3 Å². The molecular weight excluding hydrogens is 421 g/mol. The summed E-state index contributed by atoms with van der Waals surface area (Å²) in [5, 5.41) is 7.29. The van der Waals surface area contributed by atoms with Gasteiger partial charge >= 0.3 is 0 Å². The average molecular weight is 439 g/mol. The second-order valence-electron chi connectivity index (χ2n) is 7.62. The number of fused-ring (bicyclic) bond motifs is 3. The maximum absolute atomic E-state index is 13.9. The number of hydrogen-bond donors (Lipinski definition) is 2. The van der Waals surface area contributed by atoms with Crippen LogP contribution in [0.3, 0.4) is 0 Å². The maximum Gasteiger partial charge on any atom is 0.258 e. The Balaban J connectivity index is 1.50. The lowest BCUT2D eigenvalue weighted by Gasteiger charge is -2.23. The smallest absolute Gasteiger partial charge is 0.258 e. The predicted molar refractivity (Wildman–Crippen MR) is 125 cm³/mol. The van der Waals surface area contributed by atoms with Gasteiger partial charge in [0.25, 0.3) is 5.91 Å². The van der Waals surface area contributed by atoms with Crippen LogP contribution in [0, 0.1) is 5.82 Å². The molecule has 0 aliphatic carbocycles. The Bertz CT molecular complexity index is 1420. The van der Waals surface area contributed by atoms with E-state index in [0.717, 1.165) is 10.8 Å². The molecule has 7 heteroatoms. The fraction of sp³-hybridized carbons (Fsp3) is 0.0385. The van der Waals surface area contributed by atoms with Gasteiger partial charge in [0, 0.05) is 16.8 Å². The summed E-state index contributed by atoms with van der Waals surface area (Å²) in [6, 6.07) is 23.6. The molecule has 162 valence electrons. The summed E-state index contributed by atoms with van der Waals surface area (Å²) in [6.45, 7) is 0. The molecular formula is C26H18FN3O3. The average Bonchev–Trinajstić information content (AvgIpc) is 2.94. The quantitative estimate of drug-likeness (QED) is 0.429. The van der Waals surface area contributed by atoms with Gasteiger partial charge in [0.1, 0.15) is 12.2 Å². The van der Waals surface area contributed by atoms with Gasteiger partial charge in [-0.05, 0) is 47.9 Å². The van der Waals surface area contributed by atoms with Crippen molar-refractivity contribution in [1.82, 2.24) is 0 Å². The molecule has 0 bridgehead atoms. The van der Waals surface area contributed by atoms with E-state index in [0.29, 0.717) is 22.7 Å². The maximum atomic E-state index is 13.9. The molecule has 0 saturated heterocycles. The molecule has 4 aromatic rings. The summed E-state index contributed by atoms with van der Waals surface area (Å²) in [7, 11) is 0. The number of nitrogens with zero attached hydrogens (tertiary/aromatic N) is 1. The van der Waals surface area contributed by atoms with Crippen molar-refractivity contribution >= 4 is 51.2 Å². The SMILES string of the molecule is O=C1CC(=O)N(c2ccc(NC(=O)c3ccccc3F)cc2)c2ccc3ccccc3c2N1. The van der Waals surface area contributed by atoms with E-state index < -0.39 is 11.7 Å². The molecule has 33 heavy (non-hydrogen) atoms. The van der Waals surface area contributed by atoms with Crippen LogP contribution >= 0.6 is 0 Å². The number of rotatable bonds is 3.